The van der Waals surface area contributed by atoms with E-state index in [-0.39, 0.29) is 5.91 Å². The van der Waals surface area contributed by atoms with Gasteiger partial charge >= 0.3 is 0 Å². The number of rotatable bonds is 11. The van der Waals surface area contributed by atoms with Crippen molar-refractivity contribution in [3.05, 3.63) is 0 Å². The summed E-state index contributed by atoms with van der Waals surface area (Å²) in [6.07, 6.45) is 14.9. The lowest BCUT2D eigenvalue weighted by Crippen LogP contribution is -2.38. The molecule has 0 bridgehead atoms. The van der Waals surface area contributed by atoms with Crippen LogP contribution in [0.4, 0.5) is 0 Å². The number of piperidine rings is 1. The highest BCUT2D eigenvalue weighted by molar-refractivity contribution is 5.76. The molecule has 1 unspecified atom stereocenters. The van der Waals surface area contributed by atoms with Crippen LogP contribution in [0.5, 0.6) is 0 Å². The number of carbonyl (C=O) groups is 1. The molecule has 0 spiro atoms. The summed E-state index contributed by atoms with van der Waals surface area (Å²) in [7, 11) is 0. The number of hydrogen-bond donors (Lipinski definition) is 2. The third-order valence-corrected chi connectivity index (χ3v) is 4.20. The van der Waals surface area contributed by atoms with Gasteiger partial charge in [0, 0.05) is 19.0 Å². The van der Waals surface area contributed by atoms with Gasteiger partial charge in [-0.3, -0.25) is 4.79 Å². The lowest BCUT2D eigenvalue weighted by molar-refractivity contribution is -0.121. The average Bonchev–Trinajstić information content (AvgIpc) is 2.46. The van der Waals surface area contributed by atoms with Crippen molar-refractivity contribution < 1.29 is 4.79 Å². The van der Waals surface area contributed by atoms with E-state index in [1.165, 1.54) is 57.8 Å². The van der Waals surface area contributed by atoms with Gasteiger partial charge < -0.3 is 10.6 Å². The zero-order valence-corrected chi connectivity index (χ0v) is 13.4. The van der Waals surface area contributed by atoms with Crippen molar-refractivity contribution in [2.75, 3.05) is 13.1 Å². The first-order valence-electron chi connectivity index (χ1n) is 8.83. The summed E-state index contributed by atoms with van der Waals surface area (Å²) < 4.78 is 0. The topological polar surface area (TPSA) is 41.1 Å². The molecule has 0 saturated carbocycles. The Balaban J connectivity index is 1.84. The first kappa shape index (κ1) is 17.5. The van der Waals surface area contributed by atoms with Crippen molar-refractivity contribution in [2.45, 2.75) is 90.0 Å². The molecule has 1 fully saturated rings. The van der Waals surface area contributed by atoms with E-state index in [1.807, 2.05) is 0 Å². The van der Waals surface area contributed by atoms with Crippen molar-refractivity contribution in [2.24, 2.45) is 0 Å². The molecule has 3 heteroatoms. The lowest BCUT2D eigenvalue weighted by Gasteiger charge is -2.22. The van der Waals surface area contributed by atoms with E-state index in [0.29, 0.717) is 12.5 Å². The van der Waals surface area contributed by atoms with Crippen LogP contribution in [-0.4, -0.2) is 25.0 Å². The predicted octanol–water partition coefficient (Wildman–Crippen LogP) is 3.78. The summed E-state index contributed by atoms with van der Waals surface area (Å²) in [5, 5.41) is 6.49. The van der Waals surface area contributed by atoms with Crippen LogP contribution in [0, 0.1) is 0 Å². The summed E-state index contributed by atoms with van der Waals surface area (Å²) in [5.74, 6) is 0.229. The summed E-state index contributed by atoms with van der Waals surface area (Å²) >= 11 is 0. The largest absolute Gasteiger partial charge is 0.356 e. The molecule has 0 aromatic carbocycles. The molecule has 0 aliphatic carbocycles. The highest BCUT2D eigenvalue weighted by Crippen LogP contribution is 2.10. The zero-order chi connectivity index (χ0) is 14.5. The number of nitrogens with one attached hydrogen (secondary N) is 2. The molecular weight excluding hydrogens is 248 g/mol. The van der Waals surface area contributed by atoms with E-state index < -0.39 is 0 Å². The quantitative estimate of drug-likeness (QED) is 0.566. The fraction of sp³-hybridized carbons (Fsp3) is 0.941. The van der Waals surface area contributed by atoms with Gasteiger partial charge in [-0.2, -0.15) is 0 Å². The molecule has 20 heavy (non-hydrogen) atoms. The van der Waals surface area contributed by atoms with Crippen LogP contribution >= 0.6 is 0 Å². The molecule has 0 aromatic rings. The summed E-state index contributed by atoms with van der Waals surface area (Å²) in [6.45, 7) is 4.20. The second kappa shape index (κ2) is 12.2. The molecule has 118 valence electrons. The minimum atomic E-state index is 0.229. The van der Waals surface area contributed by atoms with Crippen molar-refractivity contribution in [3.63, 3.8) is 0 Å². The Labute approximate surface area is 125 Å². The van der Waals surface area contributed by atoms with Crippen molar-refractivity contribution in [3.8, 4) is 0 Å². The van der Waals surface area contributed by atoms with Crippen LogP contribution in [-0.2, 0) is 4.79 Å². The lowest BCUT2D eigenvalue weighted by atomic mass is 10.0. The summed E-state index contributed by atoms with van der Waals surface area (Å²) in [6, 6.07) is 0.419. The molecule has 1 saturated heterocycles. The van der Waals surface area contributed by atoms with E-state index in [4.69, 9.17) is 0 Å². The molecule has 3 nitrogen and oxygen atoms in total. The Hall–Kier alpha value is -0.570. The van der Waals surface area contributed by atoms with E-state index in [0.717, 1.165) is 25.9 Å². The van der Waals surface area contributed by atoms with Gasteiger partial charge in [-0.25, -0.2) is 0 Å². The van der Waals surface area contributed by atoms with Crippen LogP contribution in [0.3, 0.4) is 0 Å². The second-order valence-electron chi connectivity index (χ2n) is 6.18. The molecule has 2 N–H and O–H groups in total. The maximum absolute atomic E-state index is 11.8. The highest BCUT2D eigenvalue weighted by atomic mass is 16.1. The minimum absolute atomic E-state index is 0.229. The fourth-order valence-corrected chi connectivity index (χ4v) is 2.88. The fourth-order valence-electron chi connectivity index (χ4n) is 2.88. The summed E-state index contributed by atoms with van der Waals surface area (Å²) in [5.41, 5.74) is 0. The Kier molecular flexibility index (Phi) is 10.7. The third kappa shape index (κ3) is 9.35. The Morgan fingerprint density at radius 3 is 2.40 bits per heavy atom. The SMILES string of the molecule is CCCCCCCCCCNC(=O)CC1CCCCN1. The van der Waals surface area contributed by atoms with Gasteiger partial charge in [0.2, 0.25) is 5.91 Å². The van der Waals surface area contributed by atoms with Gasteiger partial charge in [-0.15, -0.1) is 0 Å². The van der Waals surface area contributed by atoms with Crippen LogP contribution in [0.25, 0.3) is 0 Å². The van der Waals surface area contributed by atoms with E-state index in [2.05, 4.69) is 17.6 Å². The maximum Gasteiger partial charge on any atom is 0.221 e. The number of hydrogen-bond acceptors (Lipinski definition) is 2. The summed E-state index contributed by atoms with van der Waals surface area (Å²) in [4.78, 5) is 11.8. The number of carbonyl (C=O) groups excluding carboxylic acids is 1. The normalized spacial score (nSPS) is 18.9. The van der Waals surface area contributed by atoms with Crippen molar-refractivity contribution in [1.82, 2.24) is 10.6 Å². The molecule has 1 amide bonds. The molecule has 1 rings (SSSR count). The molecule has 1 aliphatic rings. The van der Waals surface area contributed by atoms with E-state index in [1.54, 1.807) is 0 Å². The van der Waals surface area contributed by atoms with Crippen molar-refractivity contribution in [1.29, 1.82) is 0 Å². The highest BCUT2D eigenvalue weighted by Gasteiger charge is 2.15. The van der Waals surface area contributed by atoms with Gasteiger partial charge in [0.05, 0.1) is 0 Å². The van der Waals surface area contributed by atoms with Gasteiger partial charge in [-0.1, -0.05) is 58.3 Å². The molecule has 1 heterocycles. The van der Waals surface area contributed by atoms with Gasteiger partial charge in [0.15, 0.2) is 0 Å². The first-order valence-corrected chi connectivity index (χ1v) is 8.83. The standard InChI is InChI=1S/C17H34N2O/c1-2-3-4-5-6-7-8-10-14-19-17(20)15-16-12-9-11-13-18-16/h16,18H,2-15H2,1H3,(H,19,20). The van der Waals surface area contributed by atoms with E-state index >= 15 is 0 Å². The van der Waals surface area contributed by atoms with E-state index in [9.17, 15) is 4.79 Å². The number of amides is 1. The van der Waals surface area contributed by atoms with Gasteiger partial charge in [0.25, 0.3) is 0 Å². The Bertz CT molecular complexity index is 237. The molecule has 1 atom stereocenters. The monoisotopic (exact) mass is 282 g/mol. The average molecular weight is 282 g/mol. The number of unbranched alkanes of at least 4 members (excludes halogenated alkanes) is 7. The Morgan fingerprint density at radius 1 is 1.05 bits per heavy atom. The van der Waals surface area contributed by atoms with Gasteiger partial charge in [-0.05, 0) is 25.8 Å². The maximum atomic E-state index is 11.8. The van der Waals surface area contributed by atoms with Crippen LogP contribution in [0.2, 0.25) is 0 Å². The minimum Gasteiger partial charge on any atom is -0.356 e. The van der Waals surface area contributed by atoms with Crippen LogP contribution < -0.4 is 10.6 Å². The second-order valence-corrected chi connectivity index (χ2v) is 6.18. The van der Waals surface area contributed by atoms with Crippen molar-refractivity contribution >= 4 is 5.91 Å². The molecule has 0 aromatic heterocycles. The van der Waals surface area contributed by atoms with Crippen LogP contribution in [0.15, 0.2) is 0 Å². The smallest absolute Gasteiger partial charge is 0.221 e. The zero-order valence-electron chi connectivity index (χ0n) is 13.4. The molecule has 1 aliphatic heterocycles. The Morgan fingerprint density at radius 2 is 1.75 bits per heavy atom. The predicted molar refractivity (Wildman–Crippen MR) is 85.9 cm³/mol. The first-order chi connectivity index (χ1) is 9.83. The third-order valence-electron chi connectivity index (χ3n) is 4.20. The molecular formula is C17H34N2O. The van der Waals surface area contributed by atoms with Crippen LogP contribution in [0.1, 0.15) is 84.0 Å². The molecule has 0 radical (unpaired) electrons. The van der Waals surface area contributed by atoms with Gasteiger partial charge in [0.1, 0.15) is 0 Å².